The van der Waals surface area contributed by atoms with Crippen molar-refractivity contribution >= 4 is 12.6 Å². The van der Waals surface area contributed by atoms with Crippen LogP contribution in [0.15, 0.2) is 0 Å². The molecule has 74 valence electrons. The molecule has 0 aromatic rings. The van der Waals surface area contributed by atoms with Crippen LogP contribution in [0.25, 0.3) is 0 Å². The van der Waals surface area contributed by atoms with Crippen LogP contribution in [0.1, 0.15) is 27.2 Å². The number of hydrogen-bond acceptors (Lipinski definition) is 4. The zero-order chi connectivity index (χ0) is 9.78. The van der Waals surface area contributed by atoms with Crippen LogP contribution in [-0.2, 0) is 4.74 Å². The summed E-state index contributed by atoms with van der Waals surface area (Å²) < 4.78 is 5.28. The van der Waals surface area contributed by atoms with Crippen LogP contribution < -0.4 is 5.73 Å². The lowest BCUT2D eigenvalue weighted by Gasteiger charge is -2.29. The highest BCUT2D eigenvalue weighted by atomic mass is 32.1. The molecule has 0 saturated heterocycles. The molecule has 0 fully saturated rings. The van der Waals surface area contributed by atoms with Gasteiger partial charge in [0.2, 0.25) is 0 Å². The van der Waals surface area contributed by atoms with E-state index in [1.807, 2.05) is 20.8 Å². The summed E-state index contributed by atoms with van der Waals surface area (Å²) in [7, 11) is 0. The summed E-state index contributed by atoms with van der Waals surface area (Å²) in [6, 6.07) is 0. The highest BCUT2D eigenvalue weighted by molar-refractivity contribution is 7.80. The zero-order valence-corrected chi connectivity index (χ0v) is 8.84. The zero-order valence-electron chi connectivity index (χ0n) is 7.95. The molecule has 0 rings (SSSR count). The van der Waals surface area contributed by atoms with Crippen LogP contribution in [0.5, 0.6) is 0 Å². The van der Waals surface area contributed by atoms with E-state index in [2.05, 4.69) is 12.6 Å². The number of ether oxygens (including phenoxy) is 1. The monoisotopic (exact) mass is 193 g/mol. The van der Waals surface area contributed by atoms with E-state index < -0.39 is 6.29 Å². The minimum atomic E-state index is -0.868. The fourth-order valence-electron chi connectivity index (χ4n) is 1.18. The van der Waals surface area contributed by atoms with Gasteiger partial charge in [0.25, 0.3) is 0 Å². The molecule has 2 unspecified atom stereocenters. The van der Waals surface area contributed by atoms with Gasteiger partial charge in [-0.3, -0.25) is 0 Å². The summed E-state index contributed by atoms with van der Waals surface area (Å²) in [5, 5.41) is 9.39. The Balaban J connectivity index is 3.85. The van der Waals surface area contributed by atoms with Crippen molar-refractivity contribution < 1.29 is 9.84 Å². The molecule has 0 bridgehead atoms. The topological polar surface area (TPSA) is 55.5 Å². The molecule has 3 N–H and O–H groups in total. The molecule has 0 saturated carbocycles. The lowest BCUT2D eigenvalue weighted by Crippen LogP contribution is -2.36. The maximum absolute atomic E-state index is 9.13. The summed E-state index contributed by atoms with van der Waals surface area (Å²) >= 11 is 4.25. The molecule has 0 aliphatic rings. The summed E-state index contributed by atoms with van der Waals surface area (Å²) in [6.07, 6.45) is -0.0835. The SMILES string of the molecule is CC(S)CC(C)(C)OC(O)CN. The van der Waals surface area contributed by atoms with E-state index in [0.717, 1.165) is 6.42 Å². The summed E-state index contributed by atoms with van der Waals surface area (Å²) in [5.74, 6) is 0. The minimum absolute atomic E-state index is 0.129. The van der Waals surface area contributed by atoms with E-state index in [1.54, 1.807) is 0 Å². The third kappa shape index (κ3) is 5.83. The highest BCUT2D eigenvalue weighted by Gasteiger charge is 2.23. The number of rotatable bonds is 5. The van der Waals surface area contributed by atoms with Crippen molar-refractivity contribution in [3.8, 4) is 0 Å². The first kappa shape index (κ1) is 12.2. The number of nitrogens with two attached hydrogens (primary N) is 1. The quantitative estimate of drug-likeness (QED) is 0.446. The molecule has 0 aromatic heterocycles. The Bertz CT molecular complexity index is 128. The van der Waals surface area contributed by atoms with E-state index >= 15 is 0 Å². The molecule has 4 heteroatoms. The molecule has 2 atom stereocenters. The number of thiol groups is 1. The smallest absolute Gasteiger partial charge is 0.167 e. The van der Waals surface area contributed by atoms with Crippen molar-refractivity contribution in [3.63, 3.8) is 0 Å². The highest BCUT2D eigenvalue weighted by Crippen LogP contribution is 2.20. The Morgan fingerprint density at radius 3 is 2.42 bits per heavy atom. The van der Waals surface area contributed by atoms with Gasteiger partial charge in [0, 0.05) is 11.8 Å². The molecule has 12 heavy (non-hydrogen) atoms. The Morgan fingerprint density at radius 1 is 1.58 bits per heavy atom. The first-order chi connectivity index (χ1) is 5.37. The first-order valence-corrected chi connectivity index (χ1v) is 4.63. The first-order valence-electron chi connectivity index (χ1n) is 4.11. The standard InChI is InChI=1S/C8H19NO2S/c1-6(12)4-8(2,3)11-7(10)5-9/h6-7,10,12H,4-5,9H2,1-3H3. The minimum Gasteiger partial charge on any atom is -0.367 e. The molecule has 0 radical (unpaired) electrons. The second-order valence-electron chi connectivity index (χ2n) is 3.62. The van der Waals surface area contributed by atoms with Gasteiger partial charge in [-0.1, -0.05) is 6.92 Å². The van der Waals surface area contributed by atoms with Gasteiger partial charge in [0.15, 0.2) is 6.29 Å². The predicted molar refractivity (Wildman–Crippen MR) is 53.3 cm³/mol. The Kier molecular flexibility index (Phi) is 5.16. The summed E-state index contributed by atoms with van der Waals surface area (Å²) in [6.45, 7) is 5.95. The average molecular weight is 193 g/mol. The van der Waals surface area contributed by atoms with Crippen molar-refractivity contribution in [2.24, 2.45) is 5.73 Å². The predicted octanol–water partition coefficient (Wildman–Crippen LogP) is 0.767. The molecule has 3 nitrogen and oxygen atoms in total. The van der Waals surface area contributed by atoms with Crippen LogP contribution >= 0.6 is 12.6 Å². The van der Waals surface area contributed by atoms with Crippen molar-refractivity contribution in [1.29, 1.82) is 0 Å². The normalized spacial score (nSPS) is 17.5. The van der Waals surface area contributed by atoms with Gasteiger partial charge in [-0.2, -0.15) is 12.6 Å². The largest absolute Gasteiger partial charge is 0.367 e. The fraction of sp³-hybridized carbons (Fsp3) is 1.00. The van der Waals surface area contributed by atoms with E-state index in [9.17, 15) is 0 Å². The van der Waals surface area contributed by atoms with E-state index in [-0.39, 0.29) is 17.4 Å². The van der Waals surface area contributed by atoms with Crippen molar-refractivity contribution in [1.82, 2.24) is 0 Å². The van der Waals surface area contributed by atoms with Gasteiger partial charge in [-0.05, 0) is 20.3 Å². The molecular weight excluding hydrogens is 174 g/mol. The molecule has 0 aliphatic heterocycles. The van der Waals surface area contributed by atoms with Crippen molar-refractivity contribution in [2.75, 3.05) is 6.54 Å². The van der Waals surface area contributed by atoms with Gasteiger partial charge >= 0.3 is 0 Å². The van der Waals surface area contributed by atoms with E-state index in [4.69, 9.17) is 15.6 Å². The number of aliphatic hydroxyl groups excluding tert-OH is 1. The van der Waals surface area contributed by atoms with Crippen molar-refractivity contribution in [3.05, 3.63) is 0 Å². The average Bonchev–Trinajstić information content (AvgIpc) is 1.83. The second kappa shape index (κ2) is 5.07. The van der Waals surface area contributed by atoms with Crippen LogP contribution in [0.3, 0.4) is 0 Å². The summed E-state index contributed by atoms with van der Waals surface area (Å²) in [5.41, 5.74) is 4.85. The van der Waals surface area contributed by atoms with Gasteiger partial charge < -0.3 is 15.6 Å². The summed E-state index contributed by atoms with van der Waals surface area (Å²) in [4.78, 5) is 0. The lowest BCUT2D eigenvalue weighted by atomic mass is 10.0. The molecule has 0 aromatic carbocycles. The third-order valence-corrected chi connectivity index (χ3v) is 1.63. The van der Waals surface area contributed by atoms with Gasteiger partial charge in [-0.15, -0.1) is 0 Å². The van der Waals surface area contributed by atoms with Gasteiger partial charge in [0.1, 0.15) is 0 Å². The molecule has 0 amide bonds. The molecule has 0 spiro atoms. The van der Waals surface area contributed by atoms with Crippen LogP contribution in [0.4, 0.5) is 0 Å². The lowest BCUT2D eigenvalue weighted by molar-refractivity contribution is -0.168. The second-order valence-corrected chi connectivity index (χ2v) is 4.50. The Morgan fingerprint density at radius 2 is 2.08 bits per heavy atom. The van der Waals surface area contributed by atoms with Gasteiger partial charge in [0.05, 0.1) is 5.60 Å². The molecule has 0 heterocycles. The van der Waals surface area contributed by atoms with Crippen LogP contribution in [0, 0.1) is 0 Å². The van der Waals surface area contributed by atoms with Crippen molar-refractivity contribution in [2.45, 2.75) is 44.3 Å². The maximum atomic E-state index is 9.13. The maximum Gasteiger partial charge on any atom is 0.167 e. The van der Waals surface area contributed by atoms with Crippen LogP contribution in [-0.4, -0.2) is 28.8 Å². The Labute approximate surface area is 79.7 Å². The Hall–Kier alpha value is 0.230. The van der Waals surface area contributed by atoms with Crippen LogP contribution in [0.2, 0.25) is 0 Å². The number of hydrogen-bond donors (Lipinski definition) is 3. The fourth-order valence-corrected chi connectivity index (χ4v) is 1.62. The third-order valence-electron chi connectivity index (χ3n) is 1.44. The molecule has 0 aliphatic carbocycles. The molecular formula is C8H19NO2S. The number of aliphatic hydroxyl groups is 1. The van der Waals surface area contributed by atoms with Gasteiger partial charge in [-0.25, -0.2) is 0 Å². The van der Waals surface area contributed by atoms with E-state index in [1.165, 1.54) is 0 Å². The van der Waals surface area contributed by atoms with E-state index in [0.29, 0.717) is 0 Å².